The van der Waals surface area contributed by atoms with E-state index in [0.717, 1.165) is 24.2 Å². The highest BCUT2D eigenvalue weighted by molar-refractivity contribution is 5.95. The molecule has 3 rings (SSSR count). The highest BCUT2D eigenvalue weighted by Crippen LogP contribution is 2.28. The Bertz CT molecular complexity index is 660. The molecule has 0 saturated carbocycles. The van der Waals surface area contributed by atoms with Crippen LogP contribution < -0.4 is 4.74 Å². The van der Waals surface area contributed by atoms with Crippen LogP contribution in [0.3, 0.4) is 0 Å². The smallest absolute Gasteiger partial charge is 0.253 e. The topological polar surface area (TPSA) is 59.1 Å². The van der Waals surface area contributed by atoms with Crippen molar-refractivity contribution >= 4 is 11.8 Å². The van der Waals surface area contributed by atoms with E-state index in [-0.39, 0.29) is 23.8 Å². The molecule has 0 radical (unpaired) electrons. The SMILES string of the molecule is COc1ccc(C(=O)N2CCN(C(=O)C3CCCO3)CC2)cc1C(C)C. The fourth-order valence-corrected chi connectivity index (χ4v) is 3.61. The van der Waals surface area contributed by atoms with Crippen molar-refractivity contribution in [3.63, 3.8) is 0 Å². The van der Waals surface area contributed by atoms with Gasteiger partial charge in [0.05, 0.1) is 7.11 Å². The van der Waals surface area contributed by atoms with Gasteiger partial charge in [0.15, 0.2) is 0 Å². The van der Waals surface area contributed by atoms with Gasteiger partial charge in [-0.25, -0.2) is 0 Å². The van der Waals surface area contributed by atoms with E-state index in [4.69, 9.17) is 9.47 Å². The van der Waals surface area contributed by atoms with Gasteiger partial charge in [0, 0.05) is 38.3 Å². The molecule has 0 aliphatic carbocycles. The Balaban J connectivity index is 1.63. The first-order valence-electron chi connectivity index (χ1n) is 9.39. The Hall–Kier alpha value is -2.08. The maximum Gasteiger partial charge on any atom is 0.253 e. The number of amides is 2. The largest absolute Gasteiger partial charge is 0.496 e. The average Bonchev–Trinajstić information content (AvgIpc) is 3.21. The zero-order valence-electron chi connectivity index (χ0n) is 15.9. The van der Waals surface area contributed by atoms with E-state index < -0.39 is 0 Å². The molecule has 1 aromatic carbocycles. The second-order valence-corrected chi connectivity index (χ2v) is 7.23. The summed E-state index contributed by atoms with van der Waals surface area (Å²) in [6.45, 7) is 7.09. The number of hydrogen-bond donors (Lipinski definition) is 0. The molecule has 1 aromatic rings. The van der Waals surface area contributed by atoms with Gasteiger partial charge in [-0.2, -0.15) is 0 Å². The third-order valence-corrected chi connectivity index (χ3v) is 5.18. The minimum atomic E-state index is -0.285. The molecule has 6 heteroatoms. The summed E-state index contributed by atoms with van der Waals surface area (Å²) in [7, 11) is 1.65. The predicted molar refractivity (Wildman–Crippen MR) is 98.5 cm³/mol. The van der Waals surface area contributed by atoms with Gasteiger partial charge < -0.3 is 19.3 Å². The minimum Gasteiger partial charge on any atom is -0.496 e. The molecule has 26 heavy (non-hydrogen) atoms. The van der Waals surface area contributed by atoms with E-state index in [9.17, 15) is 9.59 Å². The third-order valence-electron chi connectivity index (χ3n) is 5.18. The second-order valence-electron chi connectivity index (χ2n) is 7.23. The standard InChI is InChI=1S/C20H28N2O4/c1-14(2)16-13-15(6-7-17(16)25-3)19(23)21-8-10-22(11-9-21)20(24)18-5-4-12-26-18/h6-7,13-14,18H,4-5,8-12H2,1-3H3. The van der Waals surface area contributed by atoms with Gasteiger partial charge in [-0.1, -0.05) is 13.8 Å². The number of hydrogen-bond acceptors (Lipinski definition) is 4. The molecule has 2 saturated heterocycles. The number of ether oxygens (including phenoxy) is 2. The van der Waals surface area contributed by atoms with Crippen LogP contribution in [0.15, 0.2) is 18.2 Å². The zero-order chi connectivity index (χ0) is 18.7. The molecule has 1 atom stereocenters. The molecule has 6 nitrogen and oxygen atoms in total. The number of methoxy groups -OCH3 is 1. The monoisotopic (exact) mass is 360 g/mol. The molecule has 2 aliphatic rings. The summed E-state index contributed by atoms with van der Waals surface area (Å²) < 4.78 is 10.9. The summed E-state index contributed by atoms with van der Waals surface area (Å²) in [6.07, 6.45) is 1.47. The molecule has 2 fully saturated rings. The van der Waals surface area contributed by atoms with Gasteiger partial charge in [-0.15, -0.1) is 0 Å². The Morgan fingerprint density at radius 1 is 1.15 bits per heavy atom. The van der Waals surface area contributed by atoms with Gasteiger partial charge in [-0.05, 0) is 42.5 Å². The molecule has 2 amide bonds. The summed E-state index contributed by atoms with van der Waals surface area (Å²) >= 11 is 0. The van der Waals surface area contributed by atoms with Crippen molar-refractivity contribution in [3.05, 3.63) is 29.3 Å². The molecular weight excluding hydrogens is 332 g/mol. The van der Waals surface area contributed by atoms with Crippen molar-refractivity contribution in [2.75, 3.05) is 39.9 Å². The van der Waals surface area contributed by atoms with E-state index in [1.54, 1.807) is 7.11 Å². The number of piperazine rings is 1. The number of carbonyl (C=O) groups is 2. The van der Waals surface area contributed by atoms with Crippen molar-refractivity contribution in [2.24, 2.45) is 0 Å². The van der Waals surface area contributed by atoms with Crippen LogP contribution in [0.4, 0.5) is 0 Å². The van der Waals surface area contributed by atoms with E-state index >= 15 is 0 Å². The van der Waals surface area contributed by atoms with E-state index in [1.807, 2.05) is 28.0 Å². The first kappa shape index (κ1) is 18.7. The molecule has 2 heterocycles. The van der Waals surface area contributed by atoms with Crippen LogP contribution in [-0.4, -0.2) is 67.6 Å². The molecule has 0 spiro atoms. The summed E-state index contributed by atoms with van der Waals surface area (Å²) in [5, 5.41) is 0. The van der Waals surface area contributed by atoms with Gasteiger partial charge >= 0.3 is 0 Å². The quantitative estimate of drug-likeness (QED) is 0.827. The lowest BCUT2D eigenvalue weighted by Gasteiger charge is -2.35. The lowest BCUT2D eigenvalue weighted by molar-refractivity contribution is -0.142. The fraction of sp³-hybridized carbons (Fsp3) is 0.600. The zero-order valence-corrected chi connectivity index (χ0v) is 15.9. The molecular formula is C20H28N2O4. The van der Waals surface area contributed by atoms with Crippen LogP contribution in [0, 0.1) is 0 Å². The first-order chi connectivity index (χ1) is 12.5. The number of benzene rings is 1. The molecule has 0 N–H and O–H groups in total. The summed E-state index contributed by atoms with van der Waals surface area (Å²) in [4.78, 5) is 28.9. The van der Waals surface area contributed by atoms with Crippen LogP contribution in [0.1, 0.15) is 48.5 Å². The lowest BCUT2D eigenvalue weighted by atomic mass is 9.99. The number of carbonyl (C=O) groups excluding carboxylic acids is 2. The van der Waals surface area contributed by atoms with Crippen LogP contribution in [0.25, 0.3) is 0 Å². The van der Waals surface area contributed by atoms with Crippen molar-refractivity contribution in [3.8, 4) is 5.75 Å². The Morgan fingerprint density at radius 3 is 2.42 bits per heavy atom. The summed E-state index contributed by atoms with van der Waals surface area (Å²) in [5.41, 5.74) is 1.71. The maximum atomic E-state index is 12.9. The van der Waals surface area contributed by atoms with Crippen LogP contribution >= 0.6 is 0 Å². The van der Waals surface area contributed by atoms with Crippen LogP contribution in [0.2, 0.25) is 0 Å². The van der Waals surface area contributed by atoms with Crippen LogP contribution in [-0.2, 0) is 9.53 Å². The highest BCUT2D eigenvalue weighted by atomic mass is 16.5. The molecule has 0 aromatic heterocycles. The Kier molecular flexibility index (Phi) is 5.81. The maximum absolute atomic E-state index is 12.9. The van der Waals surface area contributed by atoms with Crippen LogP contribution in [0.5, 0.6) is 5.75 Å². The van der Waals surface area contributed by atoms with E-state index in [1.165, 1.54) is 0 Å². The van der Waals surface area contributed by atoms with E-state index in [0.29, 0.717) is 38.3 Å². The predicted octanol–water partition coefficient (Wildman–Crippen LogP) is 2.28. The lowest BCUT2D eigenvalue weighted by Crippen LogP contribution is -2.52. The average molecular weight is 360 g/mol. The van der Waals surface area contributed by atoms with Gasteiger partial charge in [0.2, 0.25) is 0 Å². The minimum absolute atomic E-state index is 0.0127. The number of nitrogens with zero attached hydrogens (tertiary/aromatic N) is 2. The van der Waals surface area contributed by atoms with Gasteiger partial charge in [-0.3, -0.25) is 9.59 Å². The normalized spacial score (nSPS) is 20.5. The third kappa shape index (κ3) is 3.85. The molecule has 2 aliphatic heterocycles. The summed E-state index contributed by atoms with van der Waals surface area (Å²) in [5.74, 6) is 1.17. The number of rotatable bonds is 4. The highest BCUT2D eigenvalue weighted by Gasteiger charge is 2.31. The van der Waals surface area contributed by atoms with Gasteiger partial charge in [0.25, 0.3) is 11.8 Å². The van der Waals surface area contributed by atoms with Gasteiger partial charge in [0.1, 0.15) is 11.9 Å². The molecule has 0 bridgehead atoms. The molecule has 142 valence electrons. The molecule has 1 unspecified atom stereocenters. The Labute approximate surface area is 155 Å². The fourth-order valence-electron chi connectivity index (χ4n) is 3.61. The second kappa shape index (κ2) is 8.08. The van der Waals surface area contributed by atoms with Crippen molar-refractivity contribution in [2.45, 2.75) is 38.7 Å². The first-order valence-corrected chi connectivity index (χ1v) is 9.39. The Morgan fingerprint density at radius 2 is 1.85 bits per heavy atom. The van der Waals surface area contributed by atoms with E-state index in [2.05, 4.69) is 13.8 Å². The van der Waals surface area contributed by atoms with Crippen molar-refractivity contribution < 1.29 is 19.1 Å². The van der Waals surface area contributed by atoms with Crippen molar-refractivity contribution in [1.29, 1.82) is 0 Å². The summed E-state index contributed by atoms with van der Waals surface area (Å²) in [6, 6.07) is 5.60. The van der Waals surface area contributed by atoms with Crippen molar-refractivity contribution in [1.82, 2.24) is 9.80 Å².